The van der Waals surface area contributed by atoms with E-state index in [2.05, 4.69) is 121 Å². The minimum atomic E-state index is -1.82. The van der Waals surface area contributed by atoms with Crippen LogP contribution in [0.25, 0.3) is 0 Å². The van der Waals surface area contributed by atoms with E-state index in [1.54, 1.807) is 83.1 Å². The number of carboxylic acids is 1. The van der Waals surface area contributed by atoms with Crippen LogP contribution < -0.4 is 124 Å². The van der Waals surface area contributed by atoms with Gasteiger partial charge in [-0.1, -0.05) is 89.5 Å². The Bertz CT molecular complexity index is 4390. The van der Waals surface area contributed by atoms with Crippen molar-refractivity contribution < 1.29 is 111 Å². The smallest absolute Gasteiger partial charge is 0.303 e. The number of carbonyl (C=O) groups is 21. The van der Waals surface area contributed by atoms with Gasteiger partial charge in [-0.15, -0.1) is 0 Å². The fourth-order valence-corrected chi connectivity index (χ4v) is 13.2. The van der Waals surface area contributed by atoms with E-state index in [9.17, 15) is 111 Å². The summed E-state index contributed by atoms with van der Waals surface area (Å²) in [4.78, 5) is 301. The first-order valence-corrected chi connectivity index (χ1v) is 45.1. The summed E-state index contributed by atoms with van der Waals surface area (Å²) in [5.74, 6) is -21.9. The molecule has 0 spiro atoms. The van der Waals surface area contributed by atoms with E-state index in [0.29, 0.717) is 12.8 Å². The Kier molecular flexibility index (Phi) is 52.3. The zero-order valence-electron chi connectivity index (χ0n) is 80.3. The summed E-state index contributed by atoms with van der Waals surface area (Å²) >= 11 is 0. The molecule has 0 saturated heterocycles. The van der Waals surface area contributed by atoms with Crippen LogP contribution in [0.2, 0.25) is 0 Å². The normalized spacial score (nSPS) is 15.2. The van der Waals surface area contributed by atoms with E-state index in [-0.39, 0.29) is 105 Å². The van der Waals surface area contributed by atoms with Crippen molar-refractivity contribution >= 4 is 130 Å². The number of aliphatic hydroxyl groups is 1. The van der Waals surface area contributed by atoms with Gasteiger partial charge in [0.05, 0.1) is 62.2 Å². The average Bonchev–Trinajstić information content (AvgIpc) is 1.70. The standard InChI is InChI=1S/C85H144N28O23/c1-18-44(12)67(83(135)111-58(28-43(10)11)82(134)113-68(49(17)114)84(136)105-54(69(88)121)24-39(2)3)112-65(118)36-95-71(123)46(14)100-72(124)47(15)101-78(130)60(30-51-33-92-38-98-51)110-81(133)61(31-62(87)115)103-64(117)35-94-70(122)45(13)99-63(116)34-96-75(127)59(29-50-32-91-37-97-50)109-80(132)57(27-42(8)9)108-79(131)56(26-41(6)7)107-76(128)53(21-22-66(119)120)104-73(125)48(16)102-77(129)55(25-40(4)5)106-74(126)52(86)20-19-23-93-85(89)90/h32-33,37-49,52-61,67-68,114H,18-31,34-36,86H2,1-17H3,(H2,87,115)(H2,88,121)(H,91,97)(H,92,98)(H,94,122)(H,95,123)(H,96,127)(H,99,116)(H,100,124)(H,101,130)(H,102,129)(H,103,117)(H,104,125)(H,105,136)(H,106,126)(H,107,128)(H,108,131)(H,109,132)(H,110,133)(H,111,135)(H,112,118)(H,113,134)(H,119,120)(H4,89,90,93)/t44-,45-,46-,47-,48-,49+,52-,53-,54-,55-,56-,57-,58-,59-,60-,61-,67-,68-/m0/s1. The van der Waals surface area contributed by atoms with Crippen molar-refractivity contribution in [3.8, 4) is 0 Å². The highest BCUT2D eigenvalue weighted by molar-refractivity contribution is 6.02. The second kappa shape index (κ2) is 60.0. The summed E-state index contributed by atoms with van der Waals surface area (Å²) in [6.07, 6.45) is 2.19. The molecule has 51 nitrogen and oxygen atoms in total. The van der Waals surface area contributed by atoms with Crippen molar-refractivity contribution in [1.29, 1.82) is 0 Å². The number of aliphatic carboxylic acids is 1. The molecule has 2 heterocycles. The lowest BCUT2D eigenvalue weighted by Crippen LogP contribution is -2.61. The first kappa shape index (κ1) is 119. The molecule has 18 atom stereocenters. The molecule has 762 valence electrons. The fourth-order valence-electron chi connectivity index (χ4n) is 13.2. The predicted octanol–water partition coefficient (Wildman–Crippen LogP) is -8.12. The highest BCUT2D eigenvalue weighted by atomic mass is 16.4. The molecule has 0 saturated carbocycles. The van der Waals surface area contributed by atoms with Crippen molar-refractivity contribution in [2.75, 3.05) is 26.2 Å². The topological polar surface area (TPSA) is 815 Å². The summed E-state index contributed by atoms with van der Waals surface area (Å²) in [5, 5.41) is 64.4. The van der Waals surface area contributed by atoms with Crippen molar-refractivity contribution in [2.45, 2.75) is 304 Å². The molecule has 0 bridgehead atoms. The van der Waals surface area contributed by atoms with Crippen LogP contribution in [0.1, 0.15) is 200 Å². The van der Waals surface area contributed by atoms with Crippen LogP contribution in [-0.2, 0) is 114 Å². The molecule has 0 aromatic carbocycles. The Labute approximate surface area is 789 Å². The van der Waals surface area contributed by atoms with E-state index in [1.165, 1.54) is 59.7 Å². The fraction of sp³-hybridized carbons (Fsp3) is 0.671. The molecule has 2 rings (SSSR count). The van der Waals surface area contributed by atoms with Crippen LogP contribution in [0.4, 0.5) is 0 Å². The predicted molar refractivity (Wildman–Crippen MR) is 491 cm³/mol. The van der Waals surface area contributed by atoms with Gasteiger partial charge in [-0.25, -0.2) is 9.97 Å². The van der Waals surface area contributed by atoms with Crippen LogP contribution in [0, 0.1) is 35.5 Å². The number of aliphatic imine (C=N–C) groups is 1. The molecule has 2 aromatic heterocycles. The molecule has 0 aliphatic heterocycles. The second-order valence-corrected chi connectivity index (χ2v) is 35.6. The Balaban J connectivity index is 2.19. The van der Waals surface area contributed by atoms with Crippen molar-refractivity contribution in [3.63, 3.8) is 0 Å². The third-order valence-electron chi connectivity index (χ3n) is 20.7. The minimum absolute atomic E-state index is 0.0304. The number of nitrogens with one attached hydrogen (secondary N) is 20. The Morgan fingerprint density at radius 2 is 0.706 bits per heavy atom. The molecule has 136 heavy (non-hydrogen) atoms. The lowest BCUT2D eigenvalue weighted by molar-refractivity contribution is -0.139. The number of aromatic amines is 2. The van der Waals surface area contributed by atoms with Gasteiger partial charge in [-0.05, 0) is 121 Å². The van der Waals surface area contributed by atoms with Crippen LogP contribution in [0.3, 0.4) is 0 Å². The maximum atomic E-state index is 14.4. The maximum absolute atomic E-state index is 14.4. The molecule has 0 unspecified atom stereocenters. The van der Waals surface area contributed by atoms with Gasteiger partial charge in [0.15, 0.2) is 5.96 Å². The van der Waals surface area contributed by atoms with Crippen LogP contribution in [0.5, 0.6) is 0 Å². The highest BCUT2D eigenvalue weighted by Crippen LogP contribution is 2.17. The number of amides is 20. The van der Waals surface area contributed by atoms with Gasteiger partial charge in [0.25, 0.3) is 0 Å². The van der Waals surface area contributed by atoms with Gasteiger partial charge in [0.2, 0.25) is 118 Å². The molecule has 2 aromatic rings. The molecule has 0 radical (unpaired) electrons. The zero-order chi connectivity index (χ0) is 103. The molecule has 32 N–H and O–H groups in total. The molecular formula is C85H144N28O23. The molecule has 51 heteroatoms. The SMILES string of the molecule is CC[C@H](C)[C@H](NC(=O)CNC(=O)[C@H](C)NC(=O)[C@H](C)NC(=O)[C@H](Cc1c[nH]cn1)NC(=O)[C@H](CC(N)=O)NC(=O)CNC(=O)[C@H](C)NC(=O)CNC(=O)[C@H](Cc1c[nH]cn1)NC(=O)[C@H](CC(C)C)NC(=O)[C@H](CC(C)C)NC(=O)[C@H](CCC(=O)O)NC(=O)[C@H](C)NC(=O)[C@H](CC(C)C)NC(=O)[C@@H](N)CCCN=C(N)N)C(=O)N[C@@H](CC(C)C)C(=O)N[C@H](C(=O)N[C@@H](CC(C)C)C(N)=O)[C@@H](C)O. The van der Waals surface area contributed by atoms with Crippen molar-refractivity contribution in [1.82, 2.24) is 116 Å². The number of primary amides is 2. The number of nitrogens with zero attached hydrogens (tertiary/aromatic N) is 3. The van der Waals surface area contributed by atoms with Crippen LogP contribution >= 0.6 is 0 Å². The van der Waals surface area contributed by atoms with Crippen LogP contribution in [-0.4, -0.2) is 289 Å². The first-order chi connectivity index (χ1) is 63.5. The molecular weight excluding hydrogens is 1780 g/mol. The monoisotopic (exact) mass is 1930 g/mol. The molecule has 0 aliphatic rings. The van der Waals surface area contributed by atoms with Gasteiger partial charge in [-0.3, -0.25) is 106 Å². The molecule has 0 aliphatic carbocycles. The number of hydrogen-bond donors (Lipinski definition) is 27. The first-order valence-electron chi connectivity index (χ1n) is 45.1. The summed E-state index contributed by atoms with van der Waals surface area (Å²) < 4.78 is 0. The number of aromatic nitrogens is 4. The van der Waals surface area contributed by atoms with Gasteiger partial charge in [0, 0.05) is 38.2 Å². The summed E-state index contributed by atoms with van der Waals surface area (Å²) in [5.41, 5.74) is 28.2. The summed E-state index contributed by atoms with van der Waals surface area (Å²) in [7, 11) is 0. The van der Waals surface area contributed by atoms with Crippen molar-refractivity contribution in [3.05, 3.63) is 36.4 Å². The Morgan fingerprint density at radius 3 is 1.12 bits per heavy atom. The number of guanidine groups is 1. The average molecular weight is 1930 g/mol. The van der Waals surface area contributed by atoms with Gasteiger partial charge in [-0.2, -0.15) is 0 Å². The number of H-pyrrole nitrogens is 2. The number of carbonyl (C=O) groups excluding carboxylic acids is 20. The number of nitrogens with two attached hydrogens (primary N) is 5. The number of hydrogen-bond acceptors (Lipinski definition) is 26. The van der Waals surface area contributed by atoms with E-state index in [4.69, 9.17) is 28.7 Å². The number of carboxylic acid groups (broad SMARTS) is 1. The lowest BCUT2D eigenvalue weighted by atomic mass is 9.96. The Hall–Kier alpha value is -13.5. The number of rotatable bonds is 63. The van der Waals surface area contributed by atoms with Crippen LogP contribution in [0.15, 0.2) is 30.0 Å². The van der Waals surface area contributed by atoms with E-state index in [1.807, 2.05) is 0 Å². The third-order valence-corrected chi connectivity index (χ3v) is 20.7. The van der Waals surface area contributed by atoms with E-state index in [0.717, 1.165) is 0 Å². The minimum Gasteiger partial charge on any atom is -0.481 e. The molecule has 20 amide bonds. The second-order valence-electron chi connectivity index (χ2n) is 35.6. The quantitative estimate of drug-likeness (QED) is 0.0166. The zero-order valence-corrected chi connectivity index (χ0v) is 80.3. The summed E-state index contributed by atoms with van der Waals surface area (Å²) in [6, 6.07) is -22.6. The lowest BCUT2D eigenvalue weighted by Gasteiger charge is -2.29. The molecule has 0 fully saturated rings. The van der Waals surface area contributed by atoms with Gasteiger partial charge < -0.3 is 145 Å². The highest BCUT2D eigenvalue weighted by Gasteiger charge is 2.40. The number of imidazole rings is 2. The summed E-state index contributed by atoms with van der Waals surface area (Å²) in [6.45, 7) is 24.8. The Morgan fingerprint density at radius 1 is 0.368 bits per heavy atom. The van der Waals surface area contributed by atoms with E-state index >= 15 is 0 Å². The van der Waals surface area contributed by atoms with E-state index < -0.39 is 272 Å². The number of aliphatic hydroxyl groups excluding tert-OH is 1. The maximum Gasteiger partial charge on any atom is 0.303 e. The third kappa shape index (κ3) is 45.9. The van der Waals surface area contributed by atoms with Gasteiger partial charge in [0.1, 0.15) is 90.6 Å². The largest absolute Gasteiger partial charge is 0.481 e. The van der Waals surface area contributed by atoms with Crippen molar-refractivity contribution in [2.24, 2.45) is 69.2 Å². The van der Waals surface area contributed by atoms with Gasteiger partial charge >= 0.3 is 5.97 Å².